The lowest BCUT2D eigenvalue weighted by Gasteiger charge is -2.35. The van der Waals surface area contributed by atoms with Crippen molar-refractivity contribution in [3.05, 3.63) is 71.8 Å². The van der Waals surface area contributed by atoms with Crippen LogP contribution in [0.1, 0.15) is 37.8 Å². The van der Waals surface area contributed by atoms with Gasteiger partial charge in [0.25, 0.3) is 0 Å². The molecule has 0 aromatic heterocycles. The number of aliphatic imine (C=N–C) groups is 1. The van der Waals surface area contributed by atoms with Crippen LogP contribution in [0.3, 0.4) is 0 Å². The molecular formula is C25H35N3O2. The lowest BCUT2D eigenvalue weighted by atomic mass is 9.87. The number of benzene rings is 2. The number of nitrogens with one attached hydrogen (secondary N) is 1. The fourth-order valence-corrected chi connectivity index (χ4v) is 4.03. The fraction of sp³-hybridized carbons (Fsp3) is 0.480. The molecule has 0 saturated carbocycles. The number of nitrogens with zero attached hydrogens (tertiary/aromatic N) is 2. The van der Waals surface area contributed by atoms with Gasteiger partial charge in [-0.25, -0.2) is 4.99 Å². The quantitative estimate of drug-likeness (QED) is 0.517. The molecule has 0 radical (unpaired) electrons. The van der Waals surface area contributed by atoms with Crippen LogP contribution in [0.25, 0.3) is 0 Å². The van der Waals surface area contributed by atoms with Gasteiger partial charge in [0.05, 0.1) is 12.6 Å². The standard InChI is InChI=1S/C25H35N3O2/c1-3-26-24(28-17-15-23(16-18-28)30-4-2)27-20-25(29,22-13-9-6-10-14-22)19-21-11-7-5-8-12-21/h5-14,23,29H,3-4,15-20H2,1-2H3,(H,26,27). The third-order valence-corrected chi connectivity index (χ3v) is 5.62. The van der Waals surface area contributed by atoms with E-state index in [4.69, 9.17) is 9.73 Å². The Balaban J connectivity index is 1.78. The first kappa shape index (κ1) is 22.3. The van der Waals surface area contributed by atoms with Crippen LogP contribution < -0.4 is 5.32 Å². The highest BCUT2D eigenvalue weighted by Crippen LogP contribution is 2.27. The van der Waals surface area contributed by atoms with E-state index in [9.17, 15) is 5.11 Å². The van der Waals surface area contributed by atoms with Crippen LogP contribution in [0.5, 0.6) is 0 Å². The van der Waals surface area contributed by atoms with Crippen LogP contribution in [0.2, 0.25) is 0 Å². The Morgan fingerprint density at radius 3 is 2.30 bits per heavy atom. The molecule has 3 rings (SSSR count). The van der Waals surface area contributed by atoms with Gasteiger partial charge in [-0.1, -0.05) is 60.7 Å². The summed E-state index contributed by atoms with van der Waals surface area (Å²) in [7, 11) is 0. The number of ether oxygens (including phenoxy) is 1. The van der Waals surface area contributed by atoms with E-state index in [2.05, 4.69) is 36.2 Å². The molecule has 30 heavy (non-hydrogen) atoms. The Bertz CT molecular complexity index is 773. The van der Waals surface area contributed by atoms with Crippen molar-refractivity contribution in [2.24, 2.45) is 4.99 Å². The van der Waals surface area contributed by atoms with E-state index in [1.807, 2.05) is 48.5 Å². The maximum Gasteiger partial charge on any atom is 0.194 e. The minimum atomic E-state index is -1.06. The van der Waals surface area contributed by atoms with E-state index < -0.39 is 5.60 Å². The minimum Gasteiger partial charge on any atom is -0.383 e. The largest absolute Gasteiger partial charge is 0.383 e. The molecule has 1 aliphatic rings. The SMILES string of the molecule is CCNC(=NCC(O)(Cc1ccccc1)c1ccccc1)N1CCC(OCC)CC1. The van der Waals surface area contributed by atoms with Crippen molar-refractivity contribution < 1.29 is 9.84 Å². The predicted molar refractivity (Wildman–Crippen MR) is 123 cm³/mol. The number of hydrogen-bond donors (Lipinski definition) is 2. The molecule has 1 fully saturated rings. The lowest BCUT2D eigenvalue weighted by molar-refractivity contribution is 0.0257. The van der Waals surface area contributed by atoms with Gasteiger partial charge < -0.3 is 20.1 Å². The first-order valence-electron chi connectivity index (χ1n) is 11.1. The Hall–Kier alpha value is -2.37. The van der Waals surface area contributed by atoms with Gasteiger partial charge in [-0.15, -0.1) is 0 Å². The molecule has 2 aromatic carbocycles. The first-order chi connectivity index (χ1) is 14.6. The van der Waals surface area contributed by atoms with E-state index >= 15 is 0 Å². The zero-order valence-electron chi connectivity index (χ0n) is 18.3. The molecule has 0 aliphatic carbocycles. The van der Waals surface area contributed by atoms with Crippen molar-refractivity contribution in [2.75, 3.05) is 32.8 Å². The summed E-state index contributed by atoms with van der Waals surface area (Å²) in [5.41, 5.74) is 0.928. The zero-order chi connectivity index (χ0) is 21.2. The van der Waals surface area contributed by atoms with Crippen LogP contribution in [0.4, 0.5) is 0 Å². The van der Waals surface area contributed by atoms with E-state index in [0.29, 0.717) is 19.1 Å². The van der Waals surface area contributed by atoms with Gasteiger partial charge in [0.15, 0.2) is 5.96 Å². The summed E-state index contributed by atoms with van der Waals surface area (Å²) in [6, 6.07) is 20.0. The maximum atomic E-state index is 11.7. The minimum absolute atomic E-state index is 0.305. The van der Waals surface area contributed by atoms with Crippen molar-refractivity contribution in [3.63, 3.8) is 0 Å². The number of aliphatic hydroxyl groups is 1. The Morgan fingerprint density at radius 1 is 1.07 bits per heavy atom. The summed E-state index contributed by atoms with van der Waals surface area (Å²) >= 11 is 0. The van der Waals surface area contributed by atoms with Gasteiger partial charge in [0.2, 0.25) is 0 Å². The molecule has 1 unspecified atom stereocenters. The van der Waals surface area contributed by atoms with Crippen LogP contribution >= 0.6 is 0 Å². The van der Waals surface area contributed by atoms with Crippen molar-refractivity contribution >= 4 is 5.96 Å². The van der Waals surface area contributed by atoms with Crippen molar-refractivity contribution in [2.45, 2.75) is 44.8 Å². The van der Waals surface area contributed by atoms with Crippen molar-refractivity contribution in [3.8, 4) is 0 Å². The van der Waals surface area contributed by atoms with E-state index in [1.165, 1.54) is 0 Å². The highest BCUT2D eigenvalue weighted by Gasteiger charge is 2.30. The topological polar surface area (TPSA) is 57.1 Å². The van der Waals surface area contributed by atoms with Gasteiger partial charge in [-0.3, -0.25) is 0 Å². The first-order valence-corrected chi connectivity index (χ1v) is 11.1. The van der Waals surface area contributed by atoms with E-state index in [0.717, 1.165) is 56.2 Å². The second-order valence-corrected chi connectivity index (χ2v) is 7.87. The van der Waals surface area contributed by atoms with Gasteiger partial charge in [-0.2, -0.15) is 0 Å². The van der Waals surface area contributed by atoms with E-state index in [1.54, 1.807) is 0 Å². The van der Waals surface area contributed by atoms with Gasteiger partial charge in [-0.05, 0) is 37.8 Å². The summed E-state index contributed by atoms with van der Waals surface area (Å²) < 4.78 is 5.78. The molecule has 1 heterocycles. The third kappa shape index (κ3) is 6.07. The molecule has 5 nitrogen and oxygen atoms in total. The molecule has 0 amide bonds. The monoisotopic (exact) mass is 409 g/mol. The number of piperidine rings is 1. The number of hydrogen-bond acceptors (Lipinski definition) is 3. The lowest BCUT2D eigenvalue weighted by Crippen LogP contribution is -2.47. The maximum absolute atomic E-state index is 11.7. The second-order valence-electron chi connectivity index (χ2n) is 7.87. The molecule has 2 aromatic rings. The molecule has 0 spiro atoms. The van der Waals surface area contributed by atoms with Crippen LogP contribution in [-0.4, -0.2) is 54.9 Å². The number of guanidine groups is 1. The van der Waals surface area contributed by atoms with Crippen LogP contribution in [0, 0.1) is 0 Å². The molecular weight excluding hydrogens is 374 g/mol. The number of likely N-dealkylation sites (tertiary alicyclic amines) is 1. The normalized spacial score (nSPS) is 17.6. The zero-order valence-corrected chi connectivity index (χ0v) is 18.3. The summed E-state index contributed by atoms with van der Waals surface area (Å²) in [4.78, 5) is 7.18. The molecule has 1 atom stereocenters. The smallest absolute Gasteiger partial charge is 0.194 e. The van der Waals surface area contributed by atoms with Gasteiger partial charge in [0, 0.05) is 32.7 Å². The molecule has 1 saturated heterocycles. The average Bonchev–Trinajstić information content (AvgIpc) is 2.79. The predicted octanol–water partition coefficient (Wildman–Crippen LogP) is 3.58. The van der Waals surface area contributed by atoms with Crippen molar-refractivity contribution in [1.29, 1.82) is 0 Å². The van der Waals surface area contributed by atoms with E-state index in [-0.39, 0.29) is 0 Å². The summed E-state index contributed by atoms with van der Waals surface area (Å²) in [5, 5.41) is 15.1. The van der Waals surface area contributed by atoms with Crippen molar-refractivity contribution in [1.82, 2.24) is 10.2 Å². The number of rotatable bonds is 8. The summed E-state index contributed by atoms with van der Waals surface area (Å²) in [5.74, 6) is 0.870. The van der Waals surface area contributed by atoms with Crippen LogP contribution in [-0.2, 0) is 16.8 Å². The fourth-order valence-electron chi connectivity index (χ4n) is 4.03. The molecule has 5 heteroatoms. The molecule has 1 aliphatic heterocycles. The van der Waals surface area contributed by atoms with Crippen LogP contribution in [0.15, 0.2) is 65.7 Å². The molecule has 2 N–H and O–H groups in total. The Morgan fingerprint density at radius 2 is 1.70 bits per heavy atom. The highest BCUT2D eigenvalue weighted by molar-refractivity contribution is 5.80. The highest BCUT2D eigenvalue weighted by atomic mass is 16.5. The average molecular weight is 410 g/mol. The molecule has 0 bridgehead atoms. The second kappa shape index (κ2) is 11.1. The Labute approximate surface area is 180 Å². The summed E-state index contributed by atoms with van der Waals surface area (Å²) in [6.07, 6.45) is 2.87. The van der Waals surface area contributed by atoms with Gasteiger partial charge >= 0.3 is 0 Å². The summed E-state index contributed by atoms with van der Waals surface area (Å²) in [6.45, 7) is 7.83. The van der Waals surface area contributed by atoms with Gasteiger partial charge in [0.1, 0.15) is 5.60 Å². The Kier molecular flexibility index (Phi) is 8.29. The molecule has 162 valence electrons. The third-order valence-electron chi connectivity index (χ3n) is 5.62.